The summed E-state index contributed by atoms with van der Waals surface area (Å²) in [4.78, 5) is 0. The van der Waals surface area contributed by atoms with Crippen LogP contribution in [0.2, 0.25) is 0 Å². The summed E-state index contributed by atoms with van der Waals surface area (Å²) in [6.45, 7) is 1.69. The van der Waals surface area contributed by atoms with E-state index in [0.717, 1.165) is 0 Å². The first-order chi connectivity index (χ1) is 3.90. The molecule has 5 heteroatoms. The summed E-state index contributed by atoms with van der Waals surface area (Å²) in [5.74, 6) is 0. The second-order valence-corrected chi connectivity index (χ2v) is 7.49. The smallest absolute Gasteiger partial charge is 0.0977 e. The Hall–Kier alpha value is 1.07. The van der Waals surface area contributed by atoms with E-state index in [1.165, 1.54) is 0 Å². The van der Waals surface area contributed by atoms with Gasteiger partial charge in [0.05, 0.1) is 7.98 Å². The predicted octanol–water partition coefficient (Wildman–Crippen LogP) is 1.51. The zero-order valence-corrected chi connectivity index (χ0v) is 8.68. The van der Waals surface area contributed by atoms with Gasteiger partial charge in [0.15, 0.2) is 0 Å². The monoisotopic (exact) mass is 275 g/mol. The molecule has 0 heterocycles. The van der Waals surface area contributed by atoms with Crippen LogP contribution in [0.4, 0.5) is 0 Å². The maximum atomic E-state index is 10.4. The van der Waals surface area contributed by atoms with E-state index in [1.54, 1.807) is 6.92 Å². The summed E-state index contributed by atoms with van der Waals surface area (Å²) in [6, 6.07) is 0. The summed E-state index contributed by atoms with van der Waals surface area (Å²) in [5, 5.41) is 0. The lowest BCUT2D eigenvalue weighted by atomic mass is 10.5. The molecular weight excluding hydrogens is 272 g/mol. The molecule has 0 amide bonds. The minimum Gasteiger partial charge on any atom is -0.772 e. The molecule has 1 aliphatic carbocycles. The highest BCUT2D eigenvalue weighted by Gasteiger charge is 2.63. The van der Waals surface area contributed by atoms with Gasteiger partial charge in [0, 0.05) is 0 Å². The summed E-state index contributed by atoms with van der Waals surface area (Å²) in [5.41, 5.74) is 0. The first-order valence-electron chi connectivity index (χ1n) is 2.37. The normalized spacial score (nSPS) is 42.2. The Morgan fingerprint density at radius 2 is 2.00 bits per heavy atom. The summed E-state index contributed by atoms with van der Waals surface area (Å²) in [7, 11) is 0. The average molecular weight is 277 g/mol. The van der Waals surface area contributed by atoms with Crippen LogP contribution < -0.4 is 0 Å². The van der Waals surface area contributed by atoms with Crippen molar-refractivity contribution in [2.75, 3.05) is 0 Å². The van der Waals surface area contributed by atoms with Crippen molar-refractivity contribution in [1.82, 2.24) is 0 Å². The van der Waals surface area contributed by atoms with E-state index in [9.17, 15) is 8.76 Å². The molecule has 2 unspecified atom stereocenters. The highest BCUT2D eigenvalue weighted by molar-refractivity contribution is 9.25. The lowest BCUT2D eigenvalue weighted by Crippen LogP contribution is -2.17. The van der Waals surface area contributed by atoms with E-state index >= 15 is 0 Å². The zero-order chi connectivity index (χ0) is 7.28. The number of halogens is 2. The molecule has 0 aliphatic heterocycles. The number of hydrogen-bond acceptors (Lipinski definition) is 2. The molecule has 0 radical (unpaired) electrons. The van der Waals surface area contributed by atoms with Gasteiger partial charge in [-0.3, -0.25) is 4.21 Å². The Kier molecular flexibility index (Phi) is 1.84. The number of rotatable bonds is 1. The summed E-state index contributed by atoms with van der Waals surface area (Å²) in [6.07, 6.45) is 0.635. The van der Waals surface area contributed by atoms with Gasteiger partial charge in [0.25, 0.3) is 0 Å². The van der Waals surface area contributed by atoms with Gasteiger partial charge in [-0.15, -0.1) is 0 Å². The van der Waals surface area contributed by atoms with Crippen molar-refractivity contribution in [2.45, 2.75) is 21.3 Å². The molecule has 0 saturated heterocycles. The quantitative estimate of drug-likeness (QED) is 0.538. The topological polar surface area (TPSA) is 40.1 Å². The van der Waals surface area contributed by atoms with Crippen LogP contribution >= 0.6 is 31.9 Å². The Balaban J connectivity index is 2.74. The van der Waals surface area contributed by atoms with Crippen molar-refractivity contribution in [3.05, 3.63) is 0 Å². The minimum atomic E-state index is -1.98. The zero-order valence-electron chi connectivity index (χ0n) is 4.69. The maximum absolute atomic E-state index is 10.4. The van der Waals surface area contributed by atoms with Crippen LogP contribution in [-0.4, -0.2) is 16.7 Å². The third-order valence-corrected chi connectivity index (χ3v) is 5.64. The summed E-state index contributed by atoms with van der Waals surface area (Å²) < 4.78 is 19.9. The molecule has 2 atom stereocenters. The van der Waals surface area contributed by atoms with E-state index in [-0.39, 0.29) is 3.23 Å². The van der Waals surface area contributed by atoms with Crippen LogP contribution in [0.15, 0.2) is 0 Å². The van der Waals surface area contributed by atoms with E-state index in [2.05, 4.69) is 31.9 Å². The van der Waals surface area contributed by atoms with E-state index < -0.39 is 15.8 Å². The Bertz CT molecular complexity index is 170. The van der Waals surface area contributed by atoms with Crippen molar-refractivity contribution in [3.63, 3.8) is 0 Å². The third kappa shape index (κ3) is 1.13. The van der Waals surface area contributed by atoms with E-state index in [1.807, 2.05) is 0 Å². The highest BCUT2D eigenvalue weighted by atomic mass is 79.9. The third-order valence-electron chi connectivity index (χ3n) is 1.58. The van der Waals surface area contributed by atoms with Crippen molar-refractivity contribution in [1.29, 1.82) is 0 Å². The molecular formula is C4H5Br2O2S-. The minimum absolute atomic E-state index is 0.361. The van der Waals surface area contributed by atoms with Gasteiger partial charge in [-0.05, 0) is 24.4 Å². The molecule has 1 aliphatic rings. The van der Waals surface area contributed by atoms with Crippen LogP contribution in [0.25, 0.3) is 0 Å². The van der Waals surface area contributed by atoms with Gasteiger partial charge >= 0.3 is 0 Å². The summed E-state index contributed by atoms with van der Waals surface area (Å²) >= 11 is 4.48. The van der Waals surface area contributed by atoms with Crippen molar-refractivity contribution < 1.29 is 8.76 Å². The number of hydrogen-bond donors (Lipinski definition) is 0. The van der Waals surface area contributed by atoms with Crippen LogP contribution in [-0.2, 0) is 11.1 Å². The van der Waals surface area contributed by atoms with Gasteiger partial charge in [0.1, 0.15) is 0 Å². The molecule has 0 aromatic heterocycles. The maximum Gasteiger partial charge on any atom is 0.0977 e. The molecule has 1 fully saturated rings. The van der Waals surface area contributed by atoms with Gasteiger partial charge < -0.3 is 4.55 Å². The SMILES string of the molecule is CC1(S(=O)[O-])CC1(Br)Br. The van der Waals surface area contributed by atoms with E-state index in [0.29, 0.717) is 6.42 Å². The second-order valence-electron chi connectivity index (χ2n) is 2.35. The van der Waals surface area contributed by atoms with Crippen LogP contribution in [0, 0.1) is 0 Å². The first-order valence-corrected chi connectivity index (χ1v) is 5.03. The van der Waals surface area contributed by atoms with Crippen LogP contribution in [0.3, 0.4) is 0 Å². The molecule has 1 rings (SSSR count). The molecule has 0 aromatic carbocycles. The van der Waals surface area contributed by atoms with Gasteiger partial charge in [-0.1, -0.05) is 31.9 Å². The Labute approximate surface area is 72.9 Å². The van der Waals surface area contributed by atoms with Crippen LogP contribution in [0.5, 0.6) is 0 Å². The lowest BCUT2D eigenvalue weighted by Gasteiger charge is -2.14. The van der Waals surface area contributed by atoms with E-state index in [4.69, 9.17) is 0 Å². The molecule has 0 aromatic rings. The molecule has 9 heavy (non-hydrogen) atoms. The lowest BCUT2D eigenvalue weighted by molar-refractivity contribution is 0.523. The van der Waals surface area contributed by atoms with Crippen molar-refractivity contribution in [2.24, 2.45) is 0 Å². The fourth-order valence-electron chi connectivity index (χ4n) is 0.560. The molecule has 0 spiro atoms. The first kappa shape index (κ1) is 8.17. The molecule has 0 N–H and O–H groups in total. The van der Waals surface area contributed by atoms with Gasteiger partial charge in [0.2, 0.25) is 0 Å². The fraction of sp³-hybridized carbons (Fsp3) is 1.00. The van der Waals surface area contributed by atoms with Gasteiger partial charge in [-0.2, -0.15) is 0 Å². The van der Waals surface area contributed by atoms with Crippen molar-refractivity contribution >= 4 is 42.9 Å². The number of alkyl halides is 2. The molecule has 54 valence electrons. The van der Waals surface area contributed by atoms with Crippen LogP contribution in [0.1, 0.15) is 13.3 Å². The predicted molar refractivity (Wildman–Crippen MR) is 42.5 cm³/mol. The largest absolute Gasteiger partial charge is 0.772 e. The standard InChI is InChI=1S/C4H6Br2O2S/c1-3(9(7)8)2-4(3,5)6/h2H2,1H3,(H,7,8)/p-1. The Morgan fingerprint density at radius 1 is 1.67 bits per heavy atom. The second kappa shape index (κ2) is 2.03. The molecule has 1 saturated carbocycles. The molecule has 2 nitrogen and oxygen atoms in total. The molecule has 0 bridgehead atoms. The average Bonchev–Trinajstić information content (AvgIpc) is 2.08. The van der Waals surface area contributed by atoms with Crippen molar-refractivity contribution in [3.8, 4) is 0 Å². The Morgan fingerprint density at radius 3 is 2.00 bits per heavy atom. The van der Waals surface area contributed by atoms with Gasteiger partial charge in [-0.25, -0.2) is 0 Å². The highest BCUT2D eigenvalue weighted by Crippen LogP contribution is 2.62. The fourth-order valence-corrected chi connectivity index (χ4v) is 3.42.